The van der Waals surface area contributed by atoms with E-state index in [9.17, 15) is 4.79 Å². The minimum atomic E-state index is -0.652. The van der Waals surface area contributed by atoms with Crippen LogP contribution in [0.2, 0.25) is 10.0 Å². The van der Waals surface area contributed by atoms with Gasteiger partial charge in [0.15, 0.2) is 0 Å². The van der Waals surface area contributed by atoms with Crippen molar-refractivity contribution in [1.82, 2.24) is 9.97 Å². The maximum atomic E-state index is 12.1. The second-order valence-electron chi connectivity index (χ2n) is 5.45. The monoisotopic (exact) mass is 364 g/mol. The van der Waals surface area contributed by atoms with E-state index < -0.39 is 11.8 Å². The summed E-state index contributed by atoms with van der Waals surface area (Å²) in [6.07, 6.45) is 3.20. The zero-order valence-corrected chi connectivity index (χ0v) is 14.3. The molecule has 0 radical (unpaired) electrons. The third kappa shape index (κ3) is 3.20. The van der Waals surface area contributed by atoms with Crippen LogP contribution < -0.4 is 5.73 Å². The van der Waals surface area contributed by atoms with Crippen LogP contribution in [0.25, 0.3) is 0 Å². The number of aryl methyl sites for hydroxylation is 1. The molecule has 3 rings (SSSR count). The van der Waals surface area contributed by atoms with Crippen molar-refractivity contribution in [3.8, 4) is 0 Å². The Morgan fingerprint density at radius 1 is 1.29 bits per heavy atom. The van der Waals surface area contributed by atoms with E-state index >= 15 is 0 Å². The number of aromatic nitrogens is 2. The first kappa shape index (κ1) is 16.7. The molecule has 2 N–H and O–H groups in total. The van der Waals surface area contributed by atoms with Crippen LogP contribution >= 0.6 is 23.2 Å². The minimum Gasteiger partial charge on any atom is -0.395 e. The van der Waals surface area contributed by atoms with E-state index in [1.165, 1.54) is 0 Å². The molecule has 0 saturated heterocycles. The van der Waals surface area contributed by atoms with Crippen LogP contribution in [0, 0.1) is 12.8 Å². The summed E-state index contributed by atoms with van der Waals surface area (Å²) in [4.78, 5) is 25.6. The molecular formula is C16H14Cl2N4O2. The first-order valence-corrected chi connectivity index (χ1v) is 7.96. The number of benzene rings is 1. The number of nitrogens with zero attached hydrogens (tertiary/aromatic N) is 3. The lowest BCUT2D eigenvalue weighted by Crippen LogP contribution is -2.33. The Hall–Kier alpha value is -2.18. The van der Waals surface area contributed by atoms with Crippen molar-refractivity contribution >= 4 is 34.8 Å². The van der Waals surface area contributed by atoms with Gasteiger partial charge in [-0.3, -0.25) is 4.79 Å². The van der Waals surface area contributed by atoms with Crippen LogP contribution in [-0.2, 0) is 9.63 Å². The molecule has 1 aliphatic heterocycles. The van der Waals surface area contributed by atoms with Crippen LogP contribution in [0.5, 0.6) is 0 Å². The van der Waals surface area contributed by atoms with E-state index in [2.05, 4.69) is 15.1 Å². The third-order valence-electron chi connectivity index (χ3n) is 3.85. The smallest absolute Gasteiger partial charge is 0.225 e. The Kier molecular flexibility index (Phi) is 4.69. The largest absolute Gasteiger partial charge is 0.395 e. The topological polar surface area (TPSA) is 90.5 Å². The van der Waals surface area contributed by atoms with Gasteiger partial charge in [0.25, 0.3) is 0 Å². The highest BCUT2D eigenvalue weighted by atomic mass is 35.5. The lowest BCUT2D eigenvalue weighted by molar-refractivity contribution is -0.120. The summed E-state index contributed by atoms with van der Waals surface area (Å²) >= 11 is 12.0. The second-order valence-corrected chi connectivity index (χ2v) is 6.27. The molecule has 24 heavy (non-hydrogen) atoms. The first-order valence-electron chi connectivity index (χ1n) is 7.20. The number of nitrogens with two attached hydrogens (primary N) is 1. The molecule has 8 heteroatoms. The Bertz CT molecular complexity index is 808. The fraction of sp³-hybridized carbons (Fsp3) is 0.250. The molecule has 0 fully saturated rings. The minimum absolute atomic E-state index is 0.233. The SMILES string of the molecule is Cc1ncc(C(C(N)=O)C2CON=C2c2ccc(Cl)c(Cl)c2)cn1. The number of carbonyl (C=O) groups is 1. The Morgan fingerprint density at radius 2 is 2.00 bits per heavy atom. The average Bonchev–Trinajstić information content (AvgIpc) is 3.01. The number of amides is 1. The number of carbonyl (C=O) groups excluding carboxylic acids is 1. The van der Waals surface area contributed by atoms with E-state index in [1.54, 1.807) is 37.5 Å². The lowest BCUT2D eigenvalue weighted by Gasteiger charge is -2.20. The van der Waals surface area contributed by atoms with Gasteiger partial charge in [0, 0.05) is 23.5 Å². The molecule has 1 amide bonds. The highest BCUT2D eigenvalue weighted by Crippen LogP contribution is 2.33. The summed E-state index contributed by atoms with van der Waals surface area (Å²) in [7, 11) is 0. The predicted octanol–water partition coefficient (Wildman–Crippen LogP) is 2.71. The van der Waals surface area contributed by atoms with Gasteiger partial charge in [0.1, 0.15) is 12.4 Å². The quantitative estimate of drug-likeness (QED) is 0.902. The zero-order valence-electron chi connectivity index (χ0n) is 12.7. The number of primary amides is 1. The van der Waals surface area contributed by atoms with Crippen molar-refractivity contribution < 1.29 is 9.63 Å². The number of rotatable bonds is 4. The van der Waals surface area contributed by atoms with E-state index in [0.717, 1.165) is 5.56 Å². The van der Waals surface area contributed by atoms with Gasteiger partial charge in [-0.15, -0.1) is 0 Å². The molecular weight excluding hydrogens is 351 g/mol. The molecule has 1 aromatic heterocycles. The highest BCUT2D eigenvalue weighted by Gasteiger charge is 2.37. The van der Waals surface area contributed by atoms with Crippen molar-refractivity contribution in [1.29, 1.82) is 0 Å². The van der Waals surface area contributed by atoms with Gasteiger partial charge in [-0.2, -0.15) is 0 Å². The summed E-state index contributed by atoms with van der Waals surface area (Å²) in [5, 5.41) is 4.91. The van der Waals surface area contributed by atoms with Gasteiger partial charge in [-0.25, -0.2) is 9.97 Å². The van der Waals surface area contributed by atoms with E-state index in [-0.39, 0.29) is 12.5 Å². The molecule has 2 unspecified atom stereocenters. The Balaban J connectivity index is 1.98. The van der Waals surface area contributed by atoms with E-state index in [1.807, 2.05) is 0 Å². The zero-order chi connectivity index (χ0) is 17.3. The van der Waals surface area contributed by atoms with Crippen molar-refractivity contribution in [2.45, 2.75) is 12.8 Å². The van der Waals surface area contributed by atoms with Gasteiger partial charge in [0.2, 0.25) is 5.91 Å². The molecule has 2 aromatic rings. The standard InChI is InChI=1S/C16H14Cl2N4O2/c1-8-20-5-10(6-21-8)14(16(19)23)11-7-24-22-15(11)9-2-3-12(17)13(18)4-9/h2-6,11,14H,7H2,1H3,(H2,19,23). The third-order valence-corrected chi connectivity index (χ3v) is 4.59. The average molecular weight is 365 g/mol. The Morgan fingerprint density at radius 3 is 2.62 bits per heavy atom. The number of hydrogen-bond acceptors (Lipinski definition) is 5. The Labute approximate surface area is 148 Å². The molecule has 1 aromatic carbocycles. The van der Waals surface area contributed by atoms with Crippen molar-refractivity contribution in [3.63, 3.8) is 0 Å². The summed E-state index contributed by atoms with van der Waals surface area (Å²) in [5.74, 6) is -0.888. The van der Waals surface area contributed by atoms with Crippen LogP contribution in [-0.4, -0.2) is 28.2 Å². The molecule has 6 nitrogen and oxygen atoms in total. The summed E-state index contributed by atoms with van der Waals surface area (Å²) in [6.45, 7) is 2.00. The fourth-order valence-electron chi connectivity index (χ4n) is 2.67. The molecule has 0 saturated carbocycles. The molecule has 2 heterocycles. The summed E-state index contributed by atoms with van der Waals surface area (Å²) in [6, 6.07) is 5.14. The van der Waals surface area contributed by atoms with Crippen molar-refractivity contribution in [3.05, 3.63) is 57.6 Å². The van der Waals surface area contributed by atoms with Crippen molar-refractivity contribution in [2.75, 3.05) is 6.61 Å². The van der Waals surface area contributed by atoms with Crippen molar-refractivity contribution in [2.24, 2.45) is 16.8 Å². The fourth-order valence-corrected chi connectivity index (χ4v) is 2.97. The van der Waals surface area contributed by atoms with E-state index in [4.69, 9.17) is 33.8 Å². The molecule has 2 atom stereocenters. The molecule has 124 valence electrons. The van der Waals surface area contributed by atoms with Gasteiger partial charge in [-0.1, -0.05) is 34.4 Å². The number of oxime groups is 1. The van der Waals surface area contributed by atoms with Gasteiger partial charge in [-0.05, 0) is 19.1 Å². The lowest BCUT2D eigenvalue weighted by atomic mass is 9.82. The second kappa shape index (κ2) is 6.75. The van der Waals surface area contributed by atoms with E-state index in [0.29, 0.717) is 27.1 Å². The van der Waals surface area contributed by atoms with Crippen LogP contribution in [0.3, 0.4) is 0 Å². The molecule has 0 spiro atoms. The van der Waals surface area contributed by atoms with Gasteiger partial charge in [0.05, 0.1) is 27.6 Å². The van der Waals surface area contributed by atoms with Crippen LogP contribution in [0.15, 0.2) is 35.7 Å². The summed E-state index contributed by atoms with van der Waals surface area (Å²) < 4.78 is 0. The molecule has 0 aliphatic carbocycles. The first-order chi connectivity index (χ1) is 11.5. The van der Waals surface area contributed by atoms with Gasteiger partial charge >= 0.3 is 0 Å². The molecule has 0 bridgehead atoms. The normalized spacial score (nSPS) is 18.0. The number of halogens is 2. The highest BCUT2D eigenvalue weighted by molar-refractivity contribution is 6.42. The summed E-state index contributed by atoms with van der Waals surface area (Å²) in [5.41, 5.74) is 7.57. The predicted molar refractivity (Wildman–Crippen MR) is 91.1 cm³/mol. The van der Waals surface area contributed by atoms with Gasteiger partial charge < -0.3 is 10.6 Å². The molecule has 1 aliphatic rings. The maximum Gasteiger partial charge on any atom is 0.225 e. The number of hydrogen-bond donors (Lipinski definition) is 1. The maximum absolute atomic E-state index is 12.1. The van der Waals surface area contributed by atoms with Crippen LogP contribution in [0.1, 0.15) is 22.9 Å². The van der Waals surface area contributed by atoms with Crippen LogP contribution in [0.4, 0.5) is 0 Å².